The van der Waals surface area contributed by atoms with Gasteiger partial charge < -0.3 is 9.15 Å². The van der Waals surface area contributed by atoms with Gasteiger partial charge in [0.15, 0.2) is 0 Å². The fourth-order valence-electron chi connectivity index (χ4n) is 2.00. The molecule has 6 nitrogen and oxygen atoms in total. The second-order valence-corrected chi connectivity index (χ2v) is 8.16. The number of carbonyl (C=O) groups excluding carboxylic acids is 3. The minimum absolute atomic E-state index is 0.0263. The average molecular weight is 428 g/mol. The van der Waals surface area contributed by atoms with Crippen LogP contribution in [-0.2, 0) is 16.1 Å². The van der Waals surface area contributed by atoms with E-state index in [9.17, 15) is 14.4 Å². The summed E-state index contributed by atoms with van der Waals surface area (Å²) in [6.07, 6.45) is 1.68. The minimum Gasteiger partial charge on any atom is -0.463 e. The molecular formula is C15H10BrNO5S2. The van der Waals surface area contributed by atoms with Crippen LogP contribution in [0.5, 0.6) is 0 Å². The Morgan fingerprint density at radius 2 is 2.12 bits per heavy atom. The Kier molecular flexibility index (Phi) is 4.93. The smallest absolute Gasteiger partial charge is 0.373 e. The highest BCUT2D eigenvalue weighted by Gasteiger charge is 2.35. The molecule has 0 bridgehead atoms. The van der Waals surface area contributed by atoms with Gasteiger partial charge in [-0.05, 0) is 58.0 Å². The molecule has 0 spiro atoms. The molecule has 2 aromatic heterocycles. The maximum Gasteiger partial charge on any atom is 0.373 e. The highest BCUT2D eigenvalue weighted by Crippen LogP contribution is 2.35. The van der Waals surface area contributed by atoms with Gasteiger partial charge in [-0.25, -0.2) is 4.79 Å². The van der Waals surface area contributed by atoms with E-state index >= 15 is 0 Å². The number of carbonyl (C=O) groups is 3. The maximum atomic E-state index is 12.4. The standard InChI is InChI=1S/C15H10BrNO5S2/c1-21-14(19)10-4-2-8(22-10)7-17-13(18)11(24-15(17)20)6-9-3-5-12(16)23-9/h2-6H,7H2,1H3/b11-6+. The number of halogens is 1. The lowest BCUT2D eigenvalue weighted by Gasteiger charge is -2.09. The van der Waals surface area contributed by atoms with Gasteiger partial charge in [-0.15, -0.1) is 11.3 Å². The summed E-state index contributed by atoms with van der Waals surface area (Å²) in [4.78, 5) is 38.2. The van der Waals surface area contributed by atoms with E-state index in [1.54, 1.807) is 6.08 Å². The Morgan fingerprint density at radius 3 is 2.79 bits per heavy atom. The number of ether oxygens (including phenoxy) is 1. The van der Waals surface area contributed by atoms with Crippen LogP contribution < -0.4 is 0 Å². The number of esters is 1. The van der Waals surface area contributed by atoms with E-state index in [1.165, 1.54) is 30.6 Å². The molecule has 0 N–H and O–H groups in total. The van der Waals surface area contributed by atoms with Crippen LogP contribution in [0.2, 0.25) is 0 Å². The maximum absolute atomic E-state index is 12.4. The van der Waals surface area contributed by atoms with Crippen LogP contribution in [-0.4, -0.2) is 29.1 Å². The zero-order chi connectivity index (χ0) is 17.3. The van der Waals surface area contributed by atoms with Crippen molar-refractivity contribution in [1.82, 2.24) is 4.90 Å². The van der Waals surface area contributed by atoms with E-state index in [2.05, 4.69) is 20.7 Å². The Hall–Kier alpha value is -1.84. The van der Waals surface area contributed by atoms with Crippen molar-refractivity contribution >= 4 is 62.2 Å². The lowest BCUT2D eigenvalue weighted by molar-refractivity contribution is -0.123. The summed E-state index contributed by atoms with van der Waals surface area (Å²) in [5.41, 5.74) is 0. The molecule has 9 heteroatoms. The second kappa shape index (κ2) is 6.96. The Labute approximate surface area is 153 Å². The number of rotatable bonds is 4. The summed E-state index contributed by atoms with van der Waals surface area (Å²) in [5, 5.41) is -0.377. The summed E-state index contributed by atoms with van der Waals surface area (Å²) >= 11 is 5.70. The van der Waals surface area contributed by atoms with Crippen molar-refractivity contribution in [2.75, 3.05) is 7.11 Å². The summed E-state index contributed by atoms with van der Waals surface area (Å²) in [5.74, 6) is -0.639. The van der Waals surface area contributed by atoms with Crippen LogP contribution in [0.1, 0.15) is 21.2 Å². The van der Waals surface area contributed by atoms with Gasteiger partial charge >= 0.3 is 5.97 Å². The molecule has 24 heavy (non-hydrogen) atoms. The molecule has 0 aliphatic carbocycles. The Balaban J connectivity index is 1.76. The molecule has 1 aliphatic heterocycles. The van der Waals surface area contributed by atoms with Gasteiger partial charge in [0.25, 0.3) is 11.1 Å². The molecule has 1 fully saturated rings. The molecule has 0 aromatic carbocycles. The monoisotopic (exact) mass is 427 g/mol. The summed E-state index contributed by atoms with van der Waals surface area (Å²) in [6.45, 7) is -0.0346. The molecule has 1 aliphatic rings. The molecule has 3 heterocycles. The minimum atomic E-state index is -0.612. The SMILES string of the molecule is COC(=O)c1ccc(CN2C(=O)S/C(=C/c3ccc(Br)s3)C2=O)o1. The predicted octanol–water partition coefficient (Wildman–Crippen LogP) is 4.13. The predicted molar refractivity (Wildman–Crippen MR) is 93.6 cm³/mol. The van der Waals surface area contributed by atoms with E-state index in [-0.39, 0.29) is 23.5 Å². The van der Waals surface area contributed by atoms with Gasteiger partial charge in [-0.3, -0.25) is 14.5 Å². The van der Waals surface area contributed by atoms with E-state index < -0.39 is 5.97 Å². The first-order valence-corrected chi connectivity index (χ1v) is 9.08. The van der Waals surface area contributed by atoms with Crippen molar-refractivity contribution < 1.29 is 23.5 Å². The highest BCUT2D eigenvalue weighted by molar-refractivity contribution is 9.11. The van der Waals surface area contributed by atoms with Gasteiger partial charge in [-0.1, -0.05) is 0 Å². The number of hydrogen-bond donors (Lipinski definition) is 0. The summed E-state index contributed by atoms with van der Waals surface area (Å²) < 4.78 is 10.8. The van der Waals surface area contributed by atoms with Gasteiger partial charge in [0.1, 0.15) is 5.76 Å². The Morgan fingerprint density at radius 1 is 1.33 bits per heavy atom. The van der Waals surface area contributed by atoms with Crippen molar-refractivity contribution in [3.63, 3.8) is 0 Å². The molecule has 2 aromatic rings. The van der Waals surface area contributed by atoms with Crippen LogP contribution in [0.15, 0.2) is 37.4 Å². The fourth-order valence-corrected chi connectivity index (χ4v) is 4.27. The van der Waals surface area contributed by atoms with E-state index in [0.29, 0.717) is 10.7 Å². The van der Waals surface area contributed by atoms with Crippen molar-refractivity contribution in [3.8, 4) is 0 Å². The van der Waals surface area contributed by atoms with E-state index in [4.69, 9.17) is 4.42 Å². The number of methoxy groups -OCH3 is 1. The summed E-state index contributed by atoms with van der Waals surface area (Å²) in [7, 11) is 1.24. The van der Waals surface area contributed by atoms with Crippen molar-refractivity contribution in [2.24, 2.45) is 0 Å². The largest absolute Gasteiger partial charge is 0.463 e. The van der Waals surface area contributed by atoms with Gasteiger partial charge in [0, 0.05) is 4.88 Å². The third kappa shape index (κ3) is 3.47. The van der Waals surface area contributed by atoms with Crippen LogP contribution in [0.25, 0.3) is 6.08 Å². The first kappa shape index (κ1) is 17.0. The number of furan rings is 1. The number of thioether (sulfide) groups is 1. The number of amides is 2. The number of thiophene rings is 1. The highest BCUT2D eigenvalue weighted by atomic mass is 79.9. The fraction of sp³-hybridized carbons (Fsp3) is 0.133. The second-order valence-electron chi connectivity index (χ2n) is 4.67. The first-order chi connectivity index (χ1) is 11.5. The normalized spacial score (nSPS) is 16.2. The number of imide groups is 1. The van der Waals surface area contributed by atoms with Crippen molar-refractivity contribution in [3.05, 3.63) is 49.4 Å². The van der Waals surface area contributed by atoms with Crippen LogP contribution >= 0.6 is 39.0 Å². The summed E-state index contributed by atoms with van der Waals surface area (Å²) in [6, 6.07) is 6.71. The zero-order valence-electron chi connectivity index (χ0n) is 12.3. The van der Waals surface area contributed by atoms with Crippen LogP contribution in [0.3, 0.4) is 0 Å². The molecule has 0 unspecified atom stereocenters. The van der Waals surface area contributed by atoms with Crippen LogP contribution in [0, 0.1) is 0 Å². The molecule has 1 saturated heterocycles. The van der Waals surface area contributed by atoms with Crippen LogP contribution in [0.4, 0.5) is 4.79 Å². The molecule has 0 atom stereocenters. The number of nitrogens with zero attached hydrogens (tertiary/aromatic N) is 1. The molecule has 2 amide bonds. The van der Waals surface area contributed by atoms with Gasteiger partial charge in [0.05, 0.1) is 22.3 Å². The van der Waals surface area contributed by atoms with Crippen molar-refractivity contribution in [2.45, 2.75) is 6.54 Å². The molecule has 3 rings (SSSR count). The van der Waals surface area contributed by atoms with Gasteiger partial charge in [0.2, 0.25) is 5.76 Å². The molecular weight excluding hydrogens is 418 g/mol. The molecule has 0 saturated carbocycles. The van der Waals surface area contributed by atoms with Crippen molar-refractivity contribution in [1.29, 1.82) is 0 Å². The topological polar surface area (TPSA) is 76.8 Å². The third-order valence-corrected chi connectivity index (χ3v) is 5.58. The molecule has 124 valence electrons. The van der Waals surface area contributed by atoms with Gasteiger partial charge in [-0.2, -0.15) is 0 Å². The zero-order valence-corrected chi connectivity index (χ0v) is 15.5. The third-order valence-electron chi connectivity index (χ3n) is 3.10. The first-order valence-electron chi connectivity index (χ1n) is 6.65. The lowest BCUT2D eigenvalue weighted by Crippen LogP contribution is -2.27. The lowest BCUT2D eigenvalue weighted by atomic mass is 10.3. The average Bonchev–Trinajstić information content (AvgIpc) is 3.24. The van der Waals surface area contributed by atoms with E-state index in [0.717, 1.165) is 25.3 Å². The number of hydrogen-bond acceptors (Lipinski definition) is 7. The Bertz CT molecular complexity index is 854. The van der Waals surface area contributed by atoms with E-state index in [1.807, 2.05) is 12.1 Å². The molecule has 0 radical (unpaired) electrons. The quantitative estimate of drug-likeness (QED) is 0.539.